The van der Waals surface area contributed by atoms with Gasteiger partial charge in [0.15, 0.2) is 5.78 Å². The molecule has 1 N–H and O–H groups in total. The second-order valence-corrected chi connectivity index (χ2v) is 6.82. The van der Waals surface area contributed by atoms with Crippen LogP contribution in [0.2, 0.25) is 0 Å². The third kappa shape index (κ3) is 2.46. The molecule has 5 heteroatoms. The molecule has 0 amide bonds. The number of fused-ring (bicyclic) bond motifs is 1. The molecule has 112 valence electrons. The Labute approximate surface area is 132 Å². The Morgan fingerprint density at radius 2 is 2.23 bits per heavy atom. The van der Waals surface area contributed by atoms with Crippen molar-refractivity contribution in [1.82, 2.24) is 14.9 Å². The van der Waals surface area contributed by atoms with Crippen LogP contribution in [0.3, 0.4) is 0 Å². The van der Waals surface area contributed by atoms with E-state index in [-0.39, 0.29) is 5.78 Å². The van der Waals surface area contributed by atoms with Gasteiger partial charge in [-0.25, -0.2) is 4.98 Å². The summed E-state index contributed by atoms with van der Waals surface area (Å²) in [6, 6.07) is 10.2. The van der Waals surface area contributed by atoms with Gasteiger partial charge in [0.25, 0.3) is 0 Å². The Hall–Kier alpha value is -1.98. The Morgan fingerprint density at radius 3 is 2.95 bits per heavy atom. The van der Waals surface area contributed by atoms with Gasteiger partial charge in [0.2, 0.25) is 0 Å². The number of H-pyrrole nitrogens is 1. The number of nitrogens with zero attached hydrogens (tertiary/aromatic N) is 2. The number of aromatic amines is 1. The highest BCUT2D eigenvalue weighted by molar-refractivity contribution is 7.12. The Kier molecular flexibility index (Phi) is 3.32. The van der Waals surface area contributed by atoms with E-state index < -0.39 is 0 Å². The minimum absolute atomic E-state index is 0.153. The van der Waals surface area contributed by atoms with Gasteiger partial charge in [-0.2, -0.15) is 0 Å². The van der Waals surface area contributed by atoms with Gasteiger partial charge in [0.1, 0.15) is 5.82 Å². The van der Waals surface area contributed by atoms with E-state index in [9.17, 15) is 4.79 Å². The molecule has 22 heavy (non-hydrogen) atoms. The molecule has 0 aliphatic carbocycles. The van der Waals surface area contributed by atoms with Crippen molar-refractivity contribution in [3.63, 3.8) is 0 Å². The van der Waals surface area contributed by atoms with E-state index in [1.165, 1.54) is 16.9 Å². The molecule has 3 heterocycles. The van der Waals surface area contributed by atoms with Crippen LogP contribution in [-0.2, 0) is 6.54 Å². The van der Waals surface area contributed by atoms with Crippen molar-refractivity contribution in [1.29, 1.82) is 0 Å². The van der Waals surface area contributed by atoms with E-state index in [4.69, 9.17) is 0 Å². The van der Waals surface area contributed by atoms with Gasteiger partial charge in [0.05, 0.1) is 15.9 Å². The molecule has 0 radical (unpaired) electrons. The molecular formula is C17H17N3OS. The first-order valence-corrected chi connectivity index (χ1v) is 8.32. The summed E-state index contributed by atoms with van der Waals surface area (Å²) in [5.74, 6) is 1.73. The van der Waals surface area contributed by atoms with Crippen molar-refractivity contribution in [2.24, 2.45) is 0 Å². The van der Waals surface area contributed by atoms with E-state index in [0.717, 1.165) is 41.4 Å². The van der Waals surface area contributed by atoms with Crippen LogP contribution in [0.1, 0.15) is 33.9 Å². The first-order chi connectivity index (χ1) is 10.7. The van der Waals surface area contributed by atoms with Gasteiger partial charge in [-0.1, -0.05) is 12.1 Å². The maximum atomic E-state index is 11.3. The number of carbonyl (C=O) groups excluding carboxylic acids is 1. The summed E-state index contributed by atoms with van der Waals surface area (Å²) < 4.78 is 0. The monoisotopic (exact) mass is 311 g/mol. The number of nitrogens with one attached hydrogen (secondary N) is 1. The Bertz CT molecular complexity index is 796. The van der Waals surface area contributed by atoms with Crippen molar-refractivity contribution in [2.45, 2.75) is 19.4 Å². The van der Waals surface area contributed by atoms with Crippen molar-refractivity contribution in [3.05, 3.63) is 52.0 Å². The number of imidazole rings is 1. The van der Waals surface area contributed by atoms with Crippen molar-refractivity contribution >= 4 is 28.2 Å². The summed E-state index contributed by atoms with van der Waals surface area (Å²) in [6.07, 6.45) is 0. The highest BCUT2D eigenvalue weighted by atomic mass is 32.1. The van der Waals surface area contributed by atoms with Gasteiger partial charge in [-0.15, -0.1) is 11.3 Å². The van der Waals surface area contributed by atoms with E-state index >= 15 is 0 Å². The van der Waals surface area contributed by atoms with Crippen LogP contribution < -0.4 is 0 Å². The van der Waals surface area contributed by atoms with Crippen molar-refractivity contribution < 1.29 is 4.79 Å². The van der Waals surface area contributed by atoms with Gasteiger partial charge in [-0.05, 0) is 36.1 Å². The maximum Gasteiger partial charge on any atom is 0.169 e. The smallest absolute Gasteiger partial charge is 0.169 e. The summed E-state index contributed by atoms with van der Waals surface area (Å²) in [4.78, 5) is 22.7. The van der Waals surface area contributed by atoms with Crippen LogP contribution in [0.5, 0.6) is 0 Å². The summed E-state index contributed by atoms with van der Waals surface area (Å²) in [5.41, 5.74) is 3.39. The van der Waals surface area contributed by atoms with Crippen molar-refractivity contribution in [3.8, 4) is 0 Å². The highest BCUT2D eigenvalue weighted by Gasteiger charge is 2.30. The standard InChI is InChI=1S/C17H17N3OS/c1-11(21)16-6-12(10-22-16)7-20-8-13(9-20)17-18-14-4-2-3-5-15(14)19-17/h2-6,10,13H,7-9H2,1H3,(H,18,19). The molecular weight excluding hydrogens is 294 g/mol. The second kappa shape index (κ2) is 5.34. The Balaban J connectivity index is 1.40. The fourth-order valence-corrected chi connectivity index (χ4v) is 3.75. The third-order valence-corrected chi connectivity index (χ3v) is 5.24. The zero-order valence-corrected chi connectivity index (χ0v) is 13.2. The number of hydrogen-bond acceptors (Lipinski definition) is 4. The SMILES string of the molecule is CC(=O)c1cc(CN2CC(c3nc4ccccc4[nH]3)C2)cs1. The molecule has 4 rings (SSSR count). The van der Waals surface area contributed by atoms with Crippen LogP contribution in [0.25, 0.3) is 11.0 Å². The number of para-hydroxylation sites is 2. The number of ketones is 1. The van der Waals surface area contributed by atoms with Crippen LogP contribution in [0.15, 0.2) is 35.7 Å². The summed E-state index contributed by atoms with van der Waals surface area (Å²) in [7, 11) is 0. The molecule has 0 spiro atoms. The van der Waals surface area contributed by atoms with Gasteiger partial charge in [-0.3, -0.25) is 9.69 Å². The molecule has 1 aliphatic rings. The molecule has 1 aliphatic heterocycles. The molecule has 2 aromatic heterocycles. The lowest BCUT2D eigenvalue weighted by Gasteiger charge is -2.37. The largest absolute Gasteiger partial charge is 0.342 e. The van der Waals surface area contributed by atoms with E-state index in [0.29, 0.717) is 5.92 Å². The molecule has 4 nitrogen and oxygen atoms in total. The molecule has 1 aromatic carbocycles. The van der Waals surface area contributed by atoms with Crippen molar-refractivity contribution in [2.75, 3.05) is 13.1 Å². The quantitative estimate of drug-likeness (QED) is 0.751. The van der Waals surface area contributed by atoms with Crippen LogP contribution >= 0.6 is 11.3 Å². The van der Waals surface area contributed by atoms with E-state index in [1.54, 1.807) is 6.92 Å². The number of Topliss-reactive ketones (excluding diaryl/α,β-unsaturated/α-hetero) is 1. The predicted molar refractivity (Wildman–Crippen MR) is 88.4 cm³/mol. The summed E-state index contributed by atoms with van der Waals surface area (Å²) in [6.45, 7) is 4.58. The number of hydrogen-bond donors (Lipinski definition) is 1. The molecule has 1 saturated heterocycles. The zero-order valence-electron chi connectivity index (χ0n) is 12.4. The molecule has 1 fully saturated rings. The second-order valence-electron chi connectivity index (χ2n) is 5.91. The van der Waals surface area contributed by atoms with Gasteiger partial charge < -0.3 is 4.98 Å². The van der Waals surface area contributed by atoms with Gasteiger partial charge >= 0.3 is 0 Å². The molecule has 0 atom stereocenters. The normalized spacial score (nSPS) is 16.0. The zero-order chi connectivity index (χ0) is 15.1. The number of aromatic nitrogens is 2. The van der Waals surface area contributed by atoms with Crippen LogP contribution in [0.4, 0.5) is 0 Å². The fraction of sp³-hybridized carbons (Fsp3) is 0.294. The lowest BCUT2D eigenvalue weighted by Crippen LogP contribution is -2.44. The average Bonchev–Trinajstić information content (AvgIpc) is 3.08. The number of rotatable bonds is 4. The number of thiophene rings is 1. The first kappa shape index (κ1) is 13.7. The molecule has 0 saturated carbocycles. The predicted octanol–water partition coefficient (Wildman–Crippen LogP) is 3.43. The van der Waals surface area contributed by atoms with Crippen LogP contribution in [-0.4, -0.2) is 33.7 Å². The molecule has 3 aromatic rings. The Morgan fingerprint density at radius 1 is 1.41 bits per heavy atom. The minimum Gasteiger partial charge on any atom is -0.342 e. The first-order valence-electron chi connectivity index (χ1n) is 7.44. The third-order valence-electron chi connectivity index (χ3n) is 4.16. The minimum atomic E-state index is 0.153. The molecule has 0 bridgehead atoms. The number of likely N-dealkylation sites (tertiary alicyclic amines) is 1. The lowest BCUT2D eigenvalue weighted by atomic mass is 9.99. The maximum absolute atomic E-state index is 11.3. The topological polar surface area (TPSA) is 49.0 Å². The number of benzene rings is 1. The lowest BCUT2D eigenvalue weighted by molar-refractivity contribution is 0.102. The summed E-state index contributed by atoms with van der Waals surface area (Å²) in [5, 5.41) is 2.09. The van der Waals surface area contributed by atoms with E-state index in [2.05, 4.69) is 26.3 Å². The highest BCUT2D eigenvalue weighted by Crippen LogP contribution is 2.29. The van der Waals surface area contributed by atoms with Gasteiger partial charge in [0, 0.05) is 25.6 Å². The molecule has 0 unspecified atom stereocenters. The summed E-state index contributed by atoms with van der Waals surface area (Å²) >= 11 is 1.54. The fourth-order valence-electron chi connectivity index (χ4n) is 2.94. The average molecular weight is 311 g/mol. The van der Waals surface area contributed by atoms with E-state index in [1.807, 2.05) is 24.3 Å². The number of carbonyl (C=O) groups is 1. The van der Waals surface area contributed by atoms with Crippen LogP contribution in [0, 0.1) is 0 Å².